The van der Waals surface area contributed by atoms with Crippen LogP contribution in [0.2, 0.25) is 0 Å². The molecule has 0 heterocycles. The standard InChI is InChI=1S/C24H27FN4O7/c1-3-36-21(31)13-18(15-8-10-17(11-9-15)29(34)35)22(23(26)32)28-24(33)20(27-14(2)30)12-16-6-4-5-7-19(16)25/h4-11,18,20,22H,3,12-13H2,1-2H3,(H2,26,32)(H,27,30)(H,28,33)/t18-,20-,22+/m1/s1. The molecule has 11 nitrogen and oxygen atoms in total. The van der Waals surface area contributed by atoms with Gasteiger partial charge in [0, 0.05) is 31.4 Å². The number of nitro groups is 1. The Balaban J connectivity index is 2.39. The number of halogens is 1. The van der Waals surface area contributed by atoms with Crippen LogP contribution in [-0.4, -0.2) is 47.3 Å². The fourth-order valence-corrected chi connectivity index (χ4v) is 3.63. The van der Waals surface area contributed by atoms with E-state index in [4.69, 9.17) is 10.5 Å². The molecule has 0 radical (unpaired) electrons. The number of benzene rings is 2. The van der Waals surface area contributed by atoms with E-state index >= 15 is 0 Å². The van der Waals surface area contributed by atoms with Crippen molar-refractivity contribution in [1.82, 2.24) is 10.6 Å². The van der Waals surface area contributed by atoms with Crippen LogP contribution in [0.15, 0.2) is 48.5 Å². The maximum atomic E-state index is 14.2. The van der Waals surface area contributed by atoms with E-state index in [1.54, 1.807) is 13.0 Å². The molecule has 3 atom stereocenters. The van der Waals surface area contributed by atoms with Gasteiger partial charge in [0.25, 0.3) is 5.69 Å². The molecule has 2 rings (SSSR count). The molecule has 0 aromatic heterocycles. The summed E-state index contributed by atoms with van der Waals surface area (Å²) < 4.78 is 19.2. The van der Waals surface area contributed by atoms with Gasteiger partial charge in [-0.15, -0.1) is 0 Å². The molecule has 4 N–H and O–H groups in total. The number of hydrogen-bond donors (Lipinski definition) is 3. The van der Waals surface area contributed by atoms with Gasteiger partial charge in [-0.05, 0) is 24.1 Å². The first-order chi connectivity index (χ1) is 17.0. The summed E-state index contributed by atoms with van der Waals surface area (Å²) in [6, 6.07) is 8.02. The topological polar surface area (TPSA) is 171 Å². The Kier molecular flexibility index (Phi) is 10.0. The lowest BCUT2D eigenvalue weighted by Gasteiger charge is -2.27. The number of nitrogens with zero attached hydrogens (tertiary/aromatic N) is 1. The van der Waals surface area contributed by atoms with Gasteiger partial charge >= 0.3 is 5.97 Å². The summed E-state index contributed by atoms with van der Waals surface area (Å²) in [7, 11) is 0. The highest BCUT2D eigenvalue weighted by molar-refractivity contribution is 5.92. The quantitative estimate of drug-likeness (QED) is 0.224. The van der Waals surface area contributed by atoms with Crippen LogP contribution in [0.4, 0.5) is 10.1 Å². The predicted molar refractivity (Wildman–Crippen MR) is 126 cm³/mol. The number of nitrogens with two attached hydrogens (primary N) is 1. The average Bonchev–Trinajstić information content (AvgIpc) is 2.82. The minimum absolute atomic E-state index is 0.0622. The summed E-state index contributed by atoms with van der Waals surface area (Å²) >= 11 is 0. The first-order valence-electron chi connectivity index (χ1n) is 11.0. The van der Waals surface area contributed by atoms with Gasteiger partial charge in [-0.3, -0.25) is 29.3 Å². The van der Waals surface area contributed by atoms with Crippen molar-refractivity contribution >= 4 is 29.4 Å². The molecule has 2 aromatic carbocycles. The second-order valence-corrected chi connectivity index (χ2v) is 7.90. The van der Waals surface area contributed by atoms with Crippen LogP contribution in [0.1, 0.15) is 37.3 Å². The van der Waals surface area contributed by atoms with Crippen molar-refractivity contribution < 1.29 is 33.2 Å². The van der Waals surface area contributed by atoms with Crippen molar-refractivity contribution in [2.75, 3.05) is 6.61 Å². The number of primary amides is 1. The van der Waals surface area contributed by atoms with E-state index in [0.29, 0.717) is 5.56 Å². The molecule has 0 saturated heterocycles. The summed E-state index contributed by atoms with van der Waals surface area (Å²) in [5.74, 6) is -4.72. The van der Waals surface area contributed by atoms with Crippen LogP contribution in [0, 0.1) is 15.9 Å². The molecule has 0 spiro atoms. The number of rotatable bonds is 12. The lowest BCUT2D eigenvalue weighted by Crippen LogP contribution is -2.55. The lowest BCUT2D eigenvalue weighted by atomic mass is 9.87. The molecule has 0 aliphatic heterocycles. The highest BCUT2D eigenvalue weighted by Crippen LogP contribution is 2.27. The fourth-order valence-electron chi connectivity index (χ4n) is 3.63. The largest absolute Gasteiger partial charge is 0.466 e. The van der Waals surface area contributed by atoms with Gasteiger partial charge in [-0.25, -0.2) is 4.39 Å². The van der Waals surface area contributed by atoms with Crippen LogP contribution in [0.3, 0.4) is 0 Å². The highest BCUT2D eigenvalue weighted by Gasteiger charge is 2.34. The zero-order valence-corrected chi connectivity index (χ0v) is 19.7. The summed E-state index contributed by atoms with van der Waals surface area (Å²) in [6.07, 6.45) is -0.596. The summed E-state index contributed by atoms with van der Waals surface area (Å²) in [4.78, 5) is 60.0. The number of amides is 3. The molecule has 0 aliphatic carbocycles. The number of ether oxygens (including phenoxy) is 1. The van der Waals surface area contributed by atoms with Crippen molar-refractivity contribution in [3.05, 3.63) is 75.6 Å². The third-order valence-electron chi connectivity index (χ3n) is 5.31. The smallest absolute Gasteiger partial charge is 0.306 e. The van der Waals surface area contributed by atoms with E-state index in [1.807, 2.05) is 0 Å². The molecule has 3 amide bonds. The van der Waals surface area contributed by atoms with Gasteiger partial charge in [0.05, 0.1) is 18.0 Å². The summed E-state index contributed by atoms with van der Waals surface area (Å²) in [5.41, 5.74) is 5.81. The SMILES string of the molecule is CCOC(=O)C[C@H](c1ccc([N+](=O)[O-])cc1)[C@H](NC(=O)[C@@H](Cc1ccccc1F)NC(C)=O)C(N)=O. The molecule has 36 heavy (non-hydrogen) atoms. The molecule has 0 saturated carbocycles. The van der Waals surface area contributed by atoms with Crippen molar-refractivity contribution in [1.29, 1.82) is 0 Å². The average molecular weight is 502 g/mol. The normalized spacial score (nSPS) is 13.1. The van der Waals surface area contributed by atoms with Gasteiger partial charge in [-0.1, -0.05) is 30.3 Å². The Labute approximate surface area is 206 Å². The summed E-state index contributed by atoms with van der Waals surface area (Å²) in [6.45, 7) is 2.83. The highest BCUT2D eigenvalue weighted by atomic mass is 19.1. The van der Waals surface area contributed by atoms with E-state index in [0.717, 1.165) is 0 Å². The Hall–Kier alpha value is -4.35. The Bertz CT molecular complexity index is 1120. The van der Waals surface area contributed by atoms with E-state index in [2.05, 4.69) is 10.6 Å². The van der Waals surface area contributed by atoms with Gasteiger partial charge in [-0.2, -0.15) is 0 Å². The molecular formula is C24H27FN4O7. The van der Waals surface area contributed by atoms with E-state index in [1.165, 1.54) is 49.4 Å². The third-order valence-corrected chi connectivity index (χ3v) is 5.31. The number of hydrogen-bond acceptors (Lipinski definition) is 7. The van der Waals surface area contributed by atoms with Gasteiger partial charge in [0.15, 0.2) is 0 Å². The van der Waals surface area contributed by atoms with Gasteiger partial charge in [0.1, 0.15) is 17.9 Å². The Morgan fingerprint density at radius 2 is 1.72 bits per heavy atom. The first-order valence-corrected chi connectivity index (χ1v) is 11.0. The molecular weight excluding hydrogens is 475 g/mol. The molecule has 0 unspecified atom stereocenters. The third kappa shape index (κ3) is 7.86. The molecule has 0 fully saturated rings. The van der Waals surface area contributed by atoms with E-state index in [9.17, 15) is 33.7 Å². The van der Waals surface area contributed by atoms with Gasteiger partial charge in [0.2, 0.25) is 17.7 Å². The maximum absolute atomic E-state index is 14.2. The van der Waals surface area contributed by atoms with Crippen molar-refractivity contribution in [2.24, 2.45) is 5.73 Å². The Morgan fingerprint density at radius 3 is 2.25 bits per heavy atom. The van der Waals surface area contributed by atoms with Crippen LogP contribution < -0.4 is 16.4 Å². The second-order valence-electron chi connectivity index (χ2n) is 7.90. The summed E-state index contributed by atoms with van der Waals surface area (Å²) in [5, 5.41) is 15.9. The number of esters is 1. The molecule has 192 valence electrons. The number of carbonyl (C=O) groups excluding carboxylic acids is 4. The minimum Gasteiger partial charge on any atom is -0.466 e. The van der Waals surface area contributed by atoms with Crippen molar-refractivity contribution in [3.8, 4) is 0 Å². The number of non-ortho nitro benzene ring substituents is 1. The van der Waals surface area contributed by atoms with E-state index in [-0.39, 0.29) is 30.7 Å². The second kappa shape index (κ2) is 12.9. The minimum atomic E-state index is -1.46. The van der Waals surface area contributed by atoms with Crippen LogP contribution >= 0.6 is 0 Å². The Morgan fingerprint density at radius 1 is 1.08 bits per heavy atom. The predicted octanol–water partition coefficient (Wildman–Crippen LogP) is 1.49. The molecule has 0 aliphatic rings. The zero-order chi connectivity index (χ0) is 26.8. The van der Waals surface area contributed by atoms with Crippen LogP contribution in [0.25, 0.3) is 0 Å². The van der Waals surface area contributed by atoms with Crippen molar-refractivity contribution in [3.63, 3.8) is 0 Å². The molecule has 0 bridgehead atoms. The lowest BCUT2D eigenvalue weighted by molar-refractivity contribution is -0.384. The molecule has 2 aromatic rings. The van der Waals surface area contributed by atoms with Crippen LogP contribution in [0.5, 0.6) is 0 Å². The number of carbonyl (C=O) groups is 4. The van der Waals surface area contributed by atoms with Crippen LogP contribution in [-0.2, 0) is 30.3 Å². The maximum Gasteiger partial charge on any atom is 0.306 e. The molecule has 12 heteroatoms. The number of nitro benzene ring substituents is 1. The first kappa shape index (κ1) is 27.9. The van der Waals surface area contributed by atoms with Crippen molar-refractivity contribution in [2.45, 2.75) is 44.7 Å². The van der Waals surface area contributed by atoms with E-state index < -0.39 is 52.4 Å². The fraction of sp³-hybridized carbons (Fsp3) is 0.333. The number of nitrogens with one attached hydrogen (secondary N) is 2. The zero-order valence-electron chi connectivity index (χ0n) is 19.7. The monoisotopic (exact) mass is 502 g/mol. The van der Waals surface area contributed by atoms with Gasteiger partial charge < -0.3 is 21.1 Å².